The molecule has 0 amide bonds. The lowest BCUT2D eigenvalue weighted by atomic mass is 9.85. The summed E-state index contributed by atoms with van der Waals surface area (Å²) in [5, 5.41) is 7.95. The molecule has 0 unspecified atom stereocenters. The Kier molecular flexibility index (Phi) is 4.78. The van der Waals surface area contributed by atoms with Gasteiger partial charge in [-0.05, 0) is 82.3 Å². The van der Waals surface area contributed by atoms with Crippen LogP contribution in [0, 0.1) is 27.7 Å². The third kappa shape index (κ3) is 3.30. The fraction of sp³-hybridized carbons (Fsp3) is 0.118. The quantitative estimate of drug-likeness (QED) is 0.237. The summed E-state index contributed by atoms with van der Waals surface area (Å²) in [5.74, 6) is 0. The fourth-order valence-corrected chi connectivity index (χ4v) is 5.79. The van der Waals surface area contributed by atoms with Crippen LogP contribution in [0.2, 0.25) is 0 Å². The van der Waals surface area contributed by atoms with Crippen molar-refractivity contribution >= 4 is 32.3 Å². The Balaban J connectivity index is 1.87. The first-order valence-corrected chi connectivity index (χ1v) is 12.0. The molecule has 0 spiro atoms. The largest absolute Gasteiger partial charge is 0.0616 e. The molecule has 6 aromatic rings. The molecule has 0 N–H and O–H groups in total. The molecule has 6 aromatic carbocycles. The van der Waals surface area contributed by atoms with Crippen LogP contribution in [0.15, 0.2) is 97.1 Å². The van der Waals surface area contributed by atoms with Gasteiger partial charge in [-0.15, -0.1) is 0 Å². The molecule has 164 valence electrons. The summed E-state index contributed by atoms with van der Waals surface area (Å²) in [6, 6.07) is 36.3. The van der Waals surface area contributed by atoms with Crippen molar-refractivity contribution in [3.8, 4) is 22.3 Å². The lowest BCUT2D eigenvalue weighted by Crippen LogP contribution is -1.91. The van der Waals surface area contributed by atoms with Gasteiger partial charge in [-0.25, -0.2) is 0 Å². The minimum atomic E-state index is 1.29. The second-order valence-electron chi connectivity index (χ2n) is 9.75. The summed E-state index contributed by atoms with van der Waals surface area (Å²) < 4.78 is 0. The number of aryl methyl sites for hydroxylation is 4. The standard InChI is InChI=1S/C34H28/c1-21-15-22(2)18-25(17-21)27-11-7-13-31-29-9-5-6-10-30(29)32-14-8-12-28(34(32)33(27)31)26-19-23(3)16-24(4)20-26/h5-20H,1-4H3. The van der Waals surface area contributed by atoms with Crippen LogP contribution in [-0.4, -0.2) is 0 Å². The fourth-order valence-electron chi connectivity index (χ4n) is 5.79. The number of rotatable bonds is 2. The van der Waals surface area contributed by atoms with Crippen LogP contribution in [0.1, 0.15) is 22.3 Å². The maximum absolute atomic E-state index is 2.32. The Morgan fingerprint density at radius 1 is 0.353 bits per heavy atom. The number of hydrogen-bond acceptors (Lipinski definition) is 0. The third-order valence-corrected chi connectivity index (χ3v) is 6.95. The van der Waals surface area contributed by atoms with Crippen molar-refractivity contribution in [3.63, 3.8) is 0 Å². The van der Waals surface area contributed by atoms with E-state index in [0.717, 1.165) is 0 Å². The molecule has 0 atom stereocenters. The molecule has 0 aliphatic rings. The van der Waals surface area contributed by atoms with Gasteiger partial charge in [0.25, 0.3) is 0 Å². The maximum Gasteiger partial charge on any atom is -0.00141 e. The Morgan fingerprint density at radius 3 is 1.09 bits per heavy atom. The van der Waals surface area contributed by atoms with Crippen molar-refractivity contribution in [2.24, 2.45) is 0 Å². The predicted molar refractivity (Wildman–Crippen MR) is 149 cm³/mol. The average Bonchev–Trinajstić information content (AvgIpc) is 2.82. The Labute approximate surface area is 201 Å². The van der Waals surface area contributed by atoms with Crippen molar-refractivity contribution in [2.75, 3.05) is 0 Å². The van der Waals surface area contributed by atoms with Crippen LogP contribution in [0.5, 0.6) is 0 Å². The molecule has 0 aliphatic carbocycles. The van der Waals surface area contributed by atoms with Gasteiger partial charge < -0.3 is 0 Å². The SMILES string of the molecule is Cc1cc(C)cc(-c2cccc3c4ccccc4c4cccc(-c5cc(C)cc(C)c5)c4c23)c1. The van der Waals surface area contributed by atoms with E-state index in [0.29, 0.717) is 0 Å². The van der Waals surface area contributed by atoms with E-state index in [-0.39, 0.29) is 0 Å². The van der Waals surface area contributed by atoms with Crippen molar-refractivity contribution in [2.45, 2.75) is 27.7 Å². The number of benzene rings is 6. The van der Waals surface area contributed by atoms with E-state index in [4.69, 9.17) is 0 Å². The smallest absolute Gasteiger partial charge is 0.00141 e. The van der Waals surface area contributed by atoms with Crippen molar-refractivity contribution < 1.29 is 0 Å². The first-order chi connectivity index (χ1) is 16.5. The third-order valence-electron chi connectivity index (χ3n) is 6.95. The molecular weight excluding hydrogens is 408 g/mol. The van der Waals surface area contributed by atoms with Gasteiger partial charge in [0.15, 0.2) is 0 Å². The Hall–Kier alpha value is -3.90. The number of fused-ring (bicyclic) bond motifs is 6. The lowest BCUT2D eigenvalue weighted by molar-refractivity contribution is 1.38. The maximum atomic E-state index is 2.32. The molecule has 0 aromatic heterocycles. The highest BCUT2D eigenvalue weighted by molar-refractivity contribution is 6.31. The highest BCUT2D eigenvalue weighted by atomic mass is 14.2. The first kappa shape index (κ1) is 20.7. The van der Waals surface area contributed by atoms with E-state index in [9.17, 15) is 0 Å². The molecule has 0 saturated carbocycles. The van der Waals surface area contributed by atoms with Gasteiger partial charge in [-0.2, -0.15) is 0 Å². The molecule has 0 bridgehead atoms. The van der Waals surface area contributed by atoms with Gasteiger partial charge in [-0.1, -0.05) is 119 Å². The van der Waals surface area contributed by atoms with Crippen LogP contribution >= 0.6 is 0 Å². The zero-order valence-electron chi connectivity index (χ0n) is 20.2. The minimum absolute atomic E-state index is 1.29. The first-order valence-electron chi connectivity index (χ1n) is 12.0. The molecular formula is C34H28. The van der Waals surface area contributed by atoms with Crippen molar-refractivity contribution in [1.82, 2.24) is 0 Å². The van der Waals surface area contributed by atoms with Gasteiger partial charge in [0, 0.05) is 0 Å². The van der Waals surface area contributed by atoms with Gasteiger partial charge in [0.05, 0.1) is 0 Å². The summed E-state index contributed by atoms with van der Waals surface area (Å²) in [4.78, 5) is 0. The highest BCUT2D eigenvalue weighted by Gasteiger charge is 2.16. The van der Waals surface area contributed by atoms with Gasteiger partial charge in [0.2, 0.25) is 0 Å². The second-order valence-corrected chi connectivity index (χ2v) is 9.75. The minimum Gasteiger partial charge on any atom is -0.0616 e. The summed E-state index contributed by atoms with van der Waals surface area (Å²) in [7, 11) is 0. The molecule has 0 nitrogen and oxygen atoms in total. The van der Waals surface area contributed by atoms with Crippen LogP contribution in [-0.2, 0) is 0 Å². The normalized spacial score (nSPS) is 11.5. The molecule has 6 rings (SSSR count). The highest BCUT2D eigenvalue weighted by Crippen LogP contribution is 2.44. The van der Waals surface area contributed by atoms with Gasteiger partial charge in [0.1, 0.15) is 0 Å². The predicted octanol–water partition coefficient (Wildman–Crippen LogP) is 9.71. The Morgan fingerprint density at radius 2 is 0.706 bits per heavy atom. The van der Waals surface area contributed by atoms with Crippen LogP contribution in [0.25, 0.3) is 54.6 Å². The molecule has 0 aliphatic heterocycles. The molecule has 0 fully saturated rings. The topological polar surface area (TPSA) is 0 Å². The number of hydrogen-bond donors (Lipinski definition) is 0. The van der Waals surface area contributed by atoms with E-state index >= 15 is 0 Å². The van der Waals surface area contributed by atoms with E-state index in [1.54, 1.807) is 0 Å². The summed E-state index contributed by atoms with van der Waals surface area (Å²) >= 11 is 0. The monoisotopic (exact) mass is 436 g/mol. The van der Waals surface area contributed by atoms with Gasteiger partial charge >= 0.3 is 0 Å². The molecule has 0 heteroatoms. The van der Waals surface area contributed by atoms with Crippen molar-refractivity contribution in [1.29, 1.82) is 0 Å². The zero-order valence-corrected chi connectivity index (χ0v) is 20.2. The molecule has 34 heavy (non-hydrogen) atoms. The second kappa shape index (κ2) is 7.85. The van der Waals surface area contributed by atoms with E-state index < -0.39 is 0 Å². The molecule has 0 heterocycles. The van der Waals surface area contributed by atoms with Crippen LogP contribution in [0.3, 0.4) is 0 Å². The summed E-state index contributed by atoms with van der Waals surface area (Å²) in [6.07, 6.45) is 0. The van der Waals surface area contributed by atoms with Crippen LogP contribution in [0.4, 0.5) is 0 Å². The van der Waals surface area contributed by atoms with Crippen molar-refractivity contribution in [3.05, 3.63) is 119 Å². The van der Waals surface area contributed by atoms with Crippen LogP contribution < -0.4 is 0 Å². The lowest BCUT2D eigenvalue weighted by Gasteiger charge is -2.18. The Bertz CT molecular complexity index is 1560. The molecule has 0 radical (unpaired) electrons. The van der Waals surface area contributed by atoms with E-state index in [1.807, 2.05) is 0 Å². The van der Waals surface area contributed by atoms with E-state index in [2.05, 4.69) is 125 Å². The average molecular weight is 437 g/mol. The summed E-state index contributed by atoms with van der Waals surface area (Å²) in [5.41, 5.74) is 10.4. The van der Waals surface area contributed by atoms with Gasteiger partial charge in [-0.3, -0.25) is 0 Å². The zero-order chi connectivity index (χ0) is 23.4. The summed E-state index contributed by atoms with van der Waals surface area (Å²) in [6.45, 7) is 8.76. The van der Waals surface area contributed by atoms with E-state index in [1.165, 1.54) is 76.8 Å². The molecule has 0 saturated heterocycles.